The molecular weight excluding hydrogens is 257 g/mol. The van der Waals surface area contributed by atoms with E-state index in [1.807, 2.05) is 0 Å². The van der Waals surface area contributed by atoms with Crippen LogP contribution in [0.5, 0.6) is 0 Å². The van der Waals surface area contributed by atoms with Gasteiger partial charge >= 0.3 is 0 Å². The Hall–Kier alpha value is -1.89. The second kappa shape index (κ2) is 5.83. The van der Waals surface area contributed by atoms with Gasteiger partial charge in [0.1, 0.15) is 12.1 Å². The summed E-state index contributed by atoms with van der Waals surface area (Å²) < 4.78 is 40.6. The Bertz CT molecular complexity index is 568. The molecule has 0 aliphatic heterocycles. The Morgan fingerprint density at radius 3 is 2.58 bits per heavy atom. The lowest BCUT2D eigenvalue weighted by molar-refractivity contribution is 0.487. The summed E-state index contributed by atoms with van der Waals surface area (Å²) in [6.07, 6.45) is 2.16. The molecule has 0 radical (unpaired) electrons. The van der Waals surface area contributed by atoms with E-state index in [0.29, 0.717) is 24.9 Å². The van der Waals surface area contributed by atoms with Gasteiger partial charge in [-0.1, -0.05) is 0 Å². The van der Waals surface area contributed by atoms with Crippen LogP contribution in [0.1, 0.15) is 11.4 Å². The Morgan fingerprint density at radius 1 is 1.16 bits per heavy atom. The minimum absolute atomic E-state index is 0.0906. The van der Waals surface area contributed by atoms with Gasteiger partial charge in [0.15, 0.2) is 17.5 Å². The van der Waals surface area contributed by atoms with Crippen molar-refractivity contribution in [3.63, 3.8) is 0 Å². The molecule has 0 aliphatic rings. The van der Waals surface area contributed by atoms with Crippen LogP contribution in [0, 0.1) is 17.5 Å². The number of benzene rings is 1. The second-order valence-electron chi connectivity index (χ2n) is 4.12. The zero-order valence-corrected chi connectivity index (χ0v) is 10.3. The summed E-state index contributed by atoms with van der Waals surface area (Å²) in [7, 11) is 1.76. The summed E-state index contributed by atoms with van der Waals surface area (Å²) in [5.41, 5.74) is 0.0906. The number of hydrogen-bond acceptors (Lipinski definition) is 3. The lowest BCUT2D eigenvalue weighted by Crippen LogP contribution is -2.18. The third kappa shape index (κ3) is 3.54. The fraction of sp³-hybridized carbons (Fsp3) is 0.333. The maximum atomic E-state index is 13.3. The number of halogens is 3. The molecule has 0 bridgehead atoms. The number of hydrogen-bond donors (Lipinski definition) is 1. The summed E-state index contributed by atoms with van der Waals surface area (Å²) in [5, 5.41) is 7.01. The van der Waals surface area contributed by atoms with Crippen molar-refractivity contribution in [1.29, 1.82) is 0 Å². The normalized spacial score (nSPS) is 10.9. The SMILES string of the molecule is Cn1cnc(CCNCc2cc(F)c(F)cc2F)n1. The first kappa shape index (κ1) is 13.5. The van der Waals surface area contributed by atoms with Gasteiger partial charge < -0.3 is 5.32 Å². The van der Waals surface area contributed by atoms with Gasteiger partial charge in [-0.3, -0.25) is 4.68 Å². The van der Waals surface area contributed by atoms with E-state index in [0.717, 1.165) is 6.07 Å². The summed E-state index contributed by atoms with van der Waals surface area (Å²) >= 11 is 0. The van der Waals surface area contributed by atoms with Crippen LogP contribution >= 0.6 is 0 Å². The highest BCUT2D eigenvalue weighted by molar-refractivity contribution is 5.19. The molecule has 102 valence electrons. The van der Waals surface area contributed by atoms with E-state index >= 15 is 0 Å². The Morgan fingerprint density at radius 2 is 1.89 bits per heavy atom. The molecular formula is C12H13F3N4. The molecule has 7 heteroatoms. The van der Waals surface area contributed by atoms with Crippen molar-refractivity contribution in [2.24, 2.45) is 7.05 Å². The van der Waals surface area contributed by atoms with Gasteiger partial charge in [0.05, 0.1) is 0 Å². The largest absolute Gasteiger partial charge is 0.312 e. The van der Waals surface area contributed by atoms with Crippen LogP contribution in [0.25, 0.3) is 0 Å². The van der Waals surface area contributed by atoms with Gasteiger partial charge in [-0.05, 0) is 6.07 Å². The number of nitrogens with one attached hydrogen (secondary N) is 1. The van der Waals surface area contributed by atoms with E-state index in [-0.39, 0.29) is 12.1 Å². The molecule has 4 nitrogen and oxygen atoms in total. The smallest absolute Gasteiger partial charge is 0.161 e. The minimum atomic E-state index is -1.18. The molecule has 0 amide bonds. The van der Waals surface area contributed by atoms with Crippen LogP contribution in [-0.4, -0.2) is 21.3 Å². The van der Waals surface area contributed by atoms with Crippen molar-refractivity contribution in [2.45, 2.75) is 13.0 Å². The van der Waals surface area contributed by atoms with Crippen LogP contribution < -0.4 is 5.32 Å². The van der Waals surface area contributed by atoms with Crippen LogP contribution in [-0.2, 0) is 20.0 Å². The first-order chi connectivity index (χ1) is 9.06. The maximum absolute atomic E-state index is 13.3. The van der Waals surface area contributed by atoms with Gasteiger partial charge in [0.2, 0.25) is 0 Å². The van der Waals surface area contributed by atoms with E-state index in [2.05, 4.69) is 15.4 Å². The monoisotopic (exact) mass is 270 g/mol. The fourth-order valence-electron chi connectivity index (χ4n) is 1.62. The van der Waals surface area contributed by atoms with Crippen molar-refractivity contribution in [3.05, 3.63) is 47.3 Å². The lowest BCUT2D eigenvalue weighted by Gasteiger charge is -2.05. The van der Waals surface area contributed by atoms with Crippen LogP contribution in [0.3, 0.4) is 0 Å². The highest BCUT2D eigenvalue weighted by Crippen LogP contribution is 2.13. The Kier molecular flexibility index (Phi) is 4.16. The molecule has 1 aromatic heterocycles. The third-order valence-corrected chi connectivity index (χ3v) is 2.58. The second-order valence-corrected chi connectivity index (χ2v) is 4.12. The fourth-order valence-corrected chi connectivity index (χ4v) is 1.62. The van der Waals surface area contributed by atoms with Gasteiger partial charge in [-0.15, -0.1) is 0 Å². The lowest BCUT2D eigenvalue weighted by atomic mass is 10.2. The van der Waals surface area contributed by atoms with Crippen LogP contribution in [0.4, 0.5) is 13.2 Å². The average molecular weight is 270 g/mol. The van der Waals surface area contributed by atoms with Gasteiger partial charge in [-0.2, -0.15) is 5.10 Å². The summed E-state index contributed by atoms with van der Waals surface area (Å²) in [5.74, 6) is -2.33. The molecule has 1 N–H and O–H groups in total. The molecule has 2 rings (SSSR count). The third-order valence-electron chi connectivity index (χ3n) is 2.58. The number of aryl methyl sites for hydroxylation is 1. The maximum Gasteiger partial charge on any atom is 0.161 e. The number of rotatable bonds is 5. The molecule has 0 atom stereocenters. The van der Waals surface area contributed by atoms with E-state index in [4.69, 9.17) is 0 Å². The van der Waals surface area contributed by atoms with Crippen molar-refractivity contribution in [3.8, 4) is 0 Å². The molecule has 0 saturated carbocycles. The average Bonchev–Trinajstić information content (AvgIpc) is 2.77. The van der Waals surface area contributed by atoms with E-state index in [1.165, 1.54) is 0 Å². The zero-order chi connectivity index (χ0) is 13.8. The van der Waals surface area contributed by atoms with Crippen molar-refractivity contribution in [1.82, 2.24) is 20.1 Å². The molecule has 19 heavy (non-hydrogen) atoms. The summed E-state index contributed by atoms with van der Waals surface area (Å²) in [6.45, 7) is 0.637. The molecule has 1 heterocycles. The van der Waals surface area contributed by atoms with E-state index < -0.39 is 17.5 Å². The van der Waals surface area contributed by atoms with Crippen LogP contribution in [0.15, 0.2) is 18.5 Å². The quantitative estimate of drug-likeness (QED) is 0.662. The first-order valence-corrected chi connectivity index (χ1v) is 5.75. The van der Waals surface area contributed by atoms with Crippen molar-refractivity contribution < 1.29 is 13.2 Å². The predicted molar refractivity (Wildman–Crippen MR) is 62.7 cm³/mol. The predicted octanol–water partition coefficient (Wildman–Crippen LogP) is 1.56. The van der Waals surface area contributed by atoms with Gasteiger partial charge in [0, 0.05) is 38.2 Å². The number of nitrogens with zero attached hydrogens (tertiary/aromatic N) is 3. The van der Waals surface area contributed by atoms with Gasteiger partial charge in [0.25, 0.3) is 0 Å². The topological polar surface area (TPSA) is 42.7 Å². The van der Waals surface area contributed by atoms with Crippen molar-refractivity contribution in [2.75, 3.05) is 6.54 Å². The summed E-state index contributed by atoms with van der Waals surface area (Å²) in [4.78, 5) is 4.03. The molecule has 0 aliphatic carbocycles. The van der Waals surface area contributed by atoms with Crippen LogP contribution in [0.2, 0.25) is 0 Å². The molecule has 0 saturated heterocycles. The van der Waals surface area contributed by atoms with Gasteiger partial charge in [-0.25, -0.2) is 18.2 Å². The Balaban J connectivity index is 1.84. The highest BCUT2D eigenvalue weighted by atomic mass is 19.2. The van der Waals surface area contributed by atoms with Crippen molar-refractivity contribution >= 4 is 0 Å². The molecule has 0 unspecified atom stereocenters. The Labute approximate surface area is 108 Å². The molecule has 2 aromatic rings. The minimum Gasteiger partial charge on any atom is -0.312 e. The van der Waals surface area contributed by atoms with E-state index in [1.54, 1.807) is 18.1 Å². The molecule has 1 aromatic carbocycles. The zero-order valence-electron chi connectivity index (χ0n) is 10.3. The number of aromatic nitrogens is 3. The molecule has 0 spiro atoms. The highest BCUT2D eigenvalue weighted by Gasteiger charge is 2.09. The molecule has 0 fully saturated rings. The summed E-state index contributed by atoms with van der Waals surface area (Å²) in [6, 6.07) is 1.41. The standard InChI is InChI=1S/C12H13F3N4/c1-19-7-17-12(18-19)2-3-16-6-8-4-10(14)11(15)5-9(8)13/h4-5,7,16H,2-3,6H2,1H3. The van der Waals surface area contributed by atoms with E-state index in [9.17, 15) is 13.2 Å². The first-order valence-electron chi connectivity index (χ1n) is 5.75.